The van der Waals surface area contributed by atoms with Crippen LogP contribution in [-0.4, -0.2) is 43.3 Å². The molecule has 0 saturated carbocycles. The van der Waals surface area contributed by atoms with Crippen LogP contribution in [0.25, 0.3) is 0 Å². The highest BCUT2D eigenvalue weighted by molar-refractivity contribution is 5.91. The molecule has 0 unspecified atom stereocenters. The van der Waals surface area contributed by atoms with Gasteiger partial charge in [0.05, 0.1) is 18.7 Å². The van der Waals surface area contributed by atoms with Gasteiger partial charge in [-0.1, -0.05) is 18.7 Å². The van der Waals surface area contributed by atoms with Gasteiger partial charge in [0.15, 0.2) is 0 Å². The van der Waals surface area contributed by atoms with Crippen LogP contribution in [0.15, 0.2) is 24.3 Å². The van der Waals surface area contributed by atoms with E-state index in [4.69, 9.17) is 4.74 Å². The van der Waals surface area contributed by atoms with Crippen LogP contribution in [0.5, 0.6) is 0 Å². The van der Waals surface area contributed by atoms with Crippen LogP contribution >= 0.6 is 0 Å². The zero-order valence-electron chi connectivity index (χ0n) is 9.43. The van der Waals surface area contributed by atoms with Crippen LogP contribution in [0.1, 0.15) is 6.92 Å². The zero-order chi connectivity index (χ0) is 12.1. The van der Waals surface area contributed by atoms with E-state index in [-0.39, 0.29) is 12.6 Å². The SMILES string of the molecule is C=CCOC(=O)N1CC=C(C(=O)OC)[C@H]1C. The lowest BCUT2D eigenvalue weighted by molar-refractivity contribution is -0.136. The van der Waals surface area contributed by atoms with Crippen molar-refractivity contribution in [1.82, 2.24) is 4.90 Å². The van der Waals surface area contributed by atoms with Crippen LogP contribution in [0.3, 0.4) is 0 Å². The summed E-state index contributed by atoms with van der Waals surface area (Å²) in [5.41, 5.74) is 0.484. The van der Waals surface area contributed by atoms with Gasteiger partial charge in [0, 0.05) is 6.54 Å². The molecule has 0 radical (unpaired) electrons. The molecule has 0 N–H and O–H groups in total. The van der Waals surface area contributed by atoms with Crippen LogP contribution in [0.2, 0.25) is 0 Å². The third-order valence-corrected chi connectivity index (χ3v) is 2.41. The minimum atomic E-state index is -0.456. The highest BCUT2D eigenvalue weighted by Gasteiger charge is 2.32. The molecule has 1 aliphatic rings. The molecule has 0 aliphatic carbocycles. The molecular formula is C11H15NO4. The maximum Gasteiger partial charge on any atom is 0.410 e. The summed E-state index contributed by atoms with van der Waals surface area (Å²) in [5.74, 6) is -0.411. The summed E-state index contributed by atoms with van der Waals surface area (Å²) >= 11 is 0. The molecule has 1 heterocycles. The van der Waals surface area contributed by atoms with Gasteiger partial charge >= 0.3 is 12.1 Å². The summed E-state index contributed by atoms with van der Waals surface area (Å²) in [6.07, 6.45) is 2.71. The minimum Gasteiger partial charge on any atom is -0.466 e. The van der Waals surface area contributed by atoms with Gasteiger partial charge in [0.25, 0.3) is 0 Å². The minimum absolute atomic E-state index is 0.162. The number of methoxy groups -OCH3 is 1. The summed E-state index contributed by atoms with van der Waals surface area (Å²) < 4.78 is 9.50. The van der Waals surface area contributed by atoms with Crippen molar-refractivity contribution in [3.63, 3.8) is 0 Å². The fourth-order valence-corrected chi connectivity index (χ4v) is 1.51. The number of amides is 1. The van der Waals surface area contributed by atoms with E-state index < -0.39 is 12.1 Å². The Labute approximate surface area is 94.3 Å². The Hall–Kier alpha value is -1.78. The third kappa shape index (κ3) is 2.42. The molecule has 16 heavy (non-hydrogen) atoms. The standard InChI is InChI=1S/C11H15NO4/c1-4-7-16-11(14)12-6-5-9(8(12)2)10(13)15-3/h4-5,8H,1,6-7H2,2-3H3/t8-/m1/s1. The van der Waals surface area contributed by atoms with Gasteiger partial charge in [-0.05, 0) is 6.92 Å². The van der Waals surface area contributed by atoms with E-state index in [1.807, 2.05) is 0 Å². The average Bonchev–Trinajstić information content (AvgIpc) is 2.67. The molecule has 0 fully saturated rings. The molecule has 0 saturated heterocycles. The topological polar surface area (TPSA) is 55.8 Å². The molecule has 0 aromatic heterocycles. The number of ether oxygens (including phenoxy) is 2. The number of esters is 1. The lowest BCUT2D eigenvalue weighted by atomic mass is 10.1. The molecule has 0 aromatic rings. The predicted octanol–water partition coefficient (Wildman–Crippen LogP) is 1.11. The second-order valence-corrected chi connectivity index (χ2v) is 3.34. The zero-order valence-corrected chi connectivity index (χ0v) is 9.43. The maximum atomic E-state index is 11.5. The second kappa shape index (κ2) is 5.34. The molecule has 1 rings (SSSR count). The molecule has 88 valence electrons. The summed E-state index contributed by atoms with van der Waals surface area (Å²) in [4.78, 5) is 24.3. The van der Waals surface area contributed by atoms with Gasteiger partial charge in [-0.2, -0.15) is 0 Å². The Morgan fingerprint density at radius 2 is 2.38 bits per heavy atom. The summed E-state index contributed by atoms with van der Waals surface area (Å²) in [5, 5.41) is 0. The largest absolute Gasteiger partial charge is 0.466 e. The number of hydrogen-bond acceptors (Lipinski definition) is 4. The number of carbonyl (C=O) groups excluding carboxylic acids is 2. The van der Waals surface area contributed by atoms with Crippen molar-refractivity contribution in [2.24, 2.45) is 0 Å². The van der Waals surface area contributed by atoms with E-state index in [1.165, 1.54) is 18.1 Å². The highest BCUT2D eigenvalue weighted by atomic mass is 16.6. The Kier molecular flexibility index (Phi) is 4.10. The van der Waals surface area contributed by atoms with Gasteiger partial charge in [-0.25, -0.2) is 9.59 Å². The van der Waals surface area contributed by atoms with E-state index in [0.29, 0.717) is 12.1 Å². The van der Waals surface area contributed by atoms with Crippen molar-refractivity contribution in [1.29, 1.82) is 0 Å². The summed E-state index contributed by atoms with van der Waals surface area (Å²) in [6, 6.07) is -0.315. The van der Waals surface area contributed by atoms with Crippen LogP contribution in [-0.2, 0) is 14.3 Å². The van der Waals surface area contributed by atoms with Gasteiger partial charge < -0.3 is 9.47 Å². The van der Waals surface area contributed by atoms with Crippen molar-refractivity contribution >= 4 is 12.1 Å². The smallest absolute Gasteiger partial charge is 0.410 e. The fourth-order valence-electron chi connectivity index (χ4n) is 1.51. The predicted molar refractivity (Wildman–Crippen MR) is 57.8 cm³/mol. The molecule has 5 heteroatoms. The molecule has 0 spiro atoms. The quantitative estimate of drug-likeness (QED) is 0.533. The molecule has 0 bridgehead atoms. The van der Waals surface area contributed by atoms with Crippen LogP contribution in [0.4, 0.5) is 4.79 Å². The number of nitrogens with zero attached hydrogens (tertiary/aromatic N) is 1. The monoisotopic (exact) mass is 225 g/mol. The number of hydrogen-bond donors (Lipinski definition) is 0. The van der Waals surface area contributed by atoms with Gasteiger partial charge in [0.2, 0.25) is 0 Å². The lowest BCUT2D eigenvalue weighted by Crippen LogP contribution is -2.37. The van der Waals surface area contributed by atoms with E-state index in [2.05, 4.69) is 11.3 Å². The number of carbonyl (C=O) groups is 2. The number of rotatable bonds is 3. The van der Waals surface area contributed by atoms with E-state index >= 15 is 0 Å². The molecule has 1 amide bonds. The van der Waals surface area contributed by atoms with Crippen molar-refractivity contribution < 1.29 is 19.1 Å². The molecule has 0 aromatic carbocycles. The van der Waals surface area contributed by atoms with Gasteiger partial charge in [0.1, 0.15) is 6.61 Å². The van der Waals surface area contributed by atoms with E-state index in [9.17, 15) is 9.59 Å². The molecule has 1 atom stereocenters. The molecular weight excluding hydrogens is 210 g/mol. The molecule has 1 aliphatic heterocycles. The van der Waals surface area contributed by atoms with Crippen molar-refractivity contribution in [2.75, 3.05) is 20.3 Å². The first-order valence-electron chi connectivity index (χ1n) is 4.94. The Bertz CT molecular complexity index is 335. The highest BCUT2D eigenvalue weighted by Crippen LogP contribution is 2.19. The summed E-state index contributed by atoms with van der Waals surface area (Å²) in [7, 11) is 1.31. The lowest BCUT2D eigenvalue weighted by Gasteiger charge is -2.22. The maximum absolute atomic E-state index is 11.5. The first-order chi connectivity index (χ1) is 7.61. The van der Waals surface area contributed by atoms with Gasteiger partial charge in [-0.15, -0.1) is 0 Å². The van der Waals surface area contributed by atoms with Crippen molar-refractivity contribution in [3.05, 3.63) is 24.3 Å². The second-order valence-electron chi connectivity index (χ2n) is 3.34. The normalized spacial score (nSPS) is 19.0. The molecule has 5 nitrogen and oxygen atoms in total. The summed E-state index contributed by atoms with van der Waals surface area (Å²) in [6.45, 7) is 5.73. The average molecular weight is 225 g/mol. The Balaban J connectivity index is 2.60. The first kappa shape index (κ1) is 12.3. The first-order valence-corrected chi connectivity index (χ1v) is 4.94. The van der Waals surface area contributed by atoms with Crippen molar-refractivity contribution in [2.45, 2.75) is 13.0 Å². The van der Waals surface area contributed by atoms with Crippen molar-refractivity contribution in [3.8, 4) is 0 Å². The fraction of sp³-hybridized carbons (Fsp3) is 0.455. The van der Waals surface area contributed by atoms with E-state index in [1.54, 1.807) is 13.0 Å². The van der Waals surface area contributed by atoms with E-state index in [0.717, 1.165) is 0 Å². The van der Waals surface area contributed by atoms with Gasteiger partial charge in [-0.3, -0.25) is 4.90 Å². The third-order valence-electron chi connectivity index (χ3n) is 2.41. The Morgan fingerprint density at radius 3 is 2.94 bits per heavy atom. The van der Waals surface area contributed by atoms with Crippen LogP contribution < -0.4 is 0 Å². The Morgan fingerprint density at radius 1 is 1.69 bits per heavy atom. The van der Waals surface area contributed by atoms with Crippen LogP contribution in [0, 0.1) is 0 Å².